The van der Waals surface area contributed by atoms with Crippen LogP contribution in [-0.4, -0.2) is 17.3 Å². The van der Waals surface area contributed by atoms with E-state index in [9.17, 15) is 0 Å². The smallest absolute Gasteiger partial charge is 0.243 e. The van der Waals surface area contributed by atoms with Crippen molar-refractivity contribution >= 4 is 0 Å². The van der Waals surface area contributed by atoms with Crippen molar-refractivity contribution in [3.63, 3.8) is 0 Å². The highest BCUT2D eigenvalue weighted by Gasteiger charge is 2.20. The minimum absolute atomic E-state index is 0.202. The second-order valence-corrected chi connectivity index (χ2v) is 4.99. The number of nitrogens with two attached hydrogens (primary N) is 1. The van der Waals surface area contributed by atoms with Crippen LogP contribution in [0.15, 0.2) is 28.8 Å². The van der Waals surface area contributed by atoms with Crippen LogP contribution in [0.3, 0.4) is 0 Å². The Labute approximate surface area is 119 Å². The van der Waals surface area contributed by atoms with E-state index in [0.29, 0.717) is 24.1 Å². The van der Waals surface area contributed by atoms with Gasteiger partial charge in [0.2, 0.25) is 5.89 Å². The van der Waals surface area contributed by atoms with Crippen molar-refractivity contribution in [3.8, 4) is 5.75 Å². The fourth-order valence-electron chi connectivity index (χ4n) is 1.94. The van der Waals surface area contributed by atoms with E-state index in [4.69, 9.17) is 15.0 Å². The Hall–Kier alpha value is -1.88. The first-order valence-corrected chi connectivity index (χ1v) is 6.85. The Morgan fingerprint density at radius 3 is 2.90 bits per heavy atom. The third kappa shape index (κ3) is 3.36. The van der Waals surface area contributed by atoms with Crippen LogP contribution in [0.25, 0.3) is 0 Å². The molecule has 0 aliphatic heterocycles. The largest absolute Gasteiger partial charge is 0.497 e. The van der Waals surface area contributed by atoms with Gasteiger partial charge in [-0.2, -0.15) is 4.98 Å². The first kappa shape index (κ1) is 14.5. The quantitative estimate of drug-likeness (QED) is 0.877. The summed E-state index contributed by atoms with van der Waals surface area (Å²) in [7, 11) is 1.65. The molecule has 0 aliphatic rings. The van der Waals surface area contributed by atoms with Gasteiger partial charge in [0.05, 0.1) is 13.2 Å². The molecule has 2 aromatic rings. The minimum atomic E-state index is -0.202. The van der Waals surface area contributed by atoms with Crippen LogP contribution >= 0.6 is 0 Å². The van der Waals surface area contributed by atoms with Crippen molar-refractivity contribution in [1.82, 2.24) is 10.1 Å². The number of nitrogens with zero attached hydrogens (tertiary/aromatic N) is 2. The molecule has 2 atom stereocenters. The summed E-state index contributed by atoms with van der Waals surface area (Å²) in [6, 6.07) is 7.62. The van der Waals surface area contributed by atoms with Gasteiger partial charge < -0.3 is 15.0 Å². The molecule has 108 valence electrons. The highest BCUT2D eigenvalue weighted by atomic mass is 16.5. The second kappa shape index (κ2) is 6.52. The van der Waals surface area contributed by atoms with Crippen molar-refractivity contribution in [2.24, 2.45) is 11.7 Å². The molecule has 1 aromatic heterocycles. The van der Waals surface area contributed by atoms with Crippen molar-refractivity contribution in [3.05, 3.63) is 41.5 Å². The molecule has 2 rings (SSSR count). The third-order valence-electron chi connectivity index (χ3n) is 3.52. The fourth-order valence-corrected chi connectivity index (χ4v) is 1.94. The lowest BCUT2D eigenvalue weighted by Crippen LogP contribution is -2.18. The fraction of sp³-hybridized carbons (Fsp3) is 0.467. The maximum atomic E-state index is 6.09. The monoisotopic (exact) mass is 275 g/mol. The summed E-state index contributed by atoms with van der Waals surface area (Å²) in [5.41, 5.74) is 7.16. The molecule has 5 nitrogen and oxygen atoms in total. The second-order valence-electron chi connectivity index (χ2n) is 4.99. The van der Waals surface area contributed by atoms with Crippen molar-refractivity contribution in [1.29, 1.82) is 0 Å². The zero-order chi connectivity index (χ0) is 14.5. The SMILES string of the molecule is CCC(C)C(N)c1nc(Cc2cccc(OC)c2)no1. The molecule has 0 saturated carbocycles. The third-order valence-corrected chi connectivity index (χ3v) is 3.52. The predicted molar refractivity (Wildman–Crippen MR) is 76.5 cm³/mol. The lowest BCUT2D eigenvalue weighted by Gasteiger charge is -2.12. The molecule has 0 bridgehead atoms. The zero-order valence-corrected chi connectivity index (χ0v) is 12.2. The van der Waals surface area contributed by atoms with Gasteiger partial charge in [0.15, 0.2) is 5.82 Å². The van der Waals surface area contributed by atoms with E-state index in [0.717, 1.165) is 17.7 Å². The van der Waals surface area contributed by atoms with Gasteiger partial charge >= 0.3 is 0 Å². The van der Waals surface area contributed by atoms with E-state index < -0.39 is 0 Å². The Kier molecular flexibility index (Phi) is 4.74. The van der Waals surface area contributed by atoms with E-state index >= 15 is 0 Å². The number of methoxy groups -OCH3 is 1. The number of aromatic nitrogens is 2. The molecule has 0 amide bonds. The van der Waals surface area contributed by atoms with Crippen molar-refractivity contribution < 1.29 is 9.26 Å². The molecule has 0 aliphatic carbocycles. The van der Waals surface area contributed by atoms with E-state index in [-0.39, 0.29) is 6.04 Å². The molecule has 5 heteroatoms. The molecular formula is C15H21N3O2. The Morgan fingerprint density at radius 2 is 2.20 bits per heavy atom. The molecule has 0 radical (unpaired) electrons. The van der Waals surface area contributed by atoms with Crippen LogP contribution in [0.2, 0.25) is 0 Å². The first-order valence-electron chi connectivity index (χ1n) is 6.85. The normalized spacial score (nSPS) is 14.0. The van der Waals surface area contributed by atoms with Crippen molar-refractivity contribution in [2.45, 2.75) is 32.7 Å². The van der Waals surface area contributed by atoms with Crippen molar-refractivity contribution in [2.75, 3.05) is 7.11 Å². The van der Waals surface area contributed by atoms with Gasteiger partial charge in [-0.1, -0.05) is 37.6 Å². The molecule has 0 fully saturated rings. The number of hydrogen-bond acceptors (Lipinski definition) is 5. The molecule has 2 unspecified atom stereocenters. The van der Waals surface area contributed by atoms with Gasteiger partial charge in [-0.25, -0.2) is 0 Å². The molecular weight excluding hydrogens is 254 g/mol. The van der Waals surface area contributed by atoms with Crippen LogP contribution < -0.4 is 10.5 Å². The van der Waals surface area contributed by atoms with Crippen LogP contribution in [0.4, 0.5) is 0 Å². The summed E-state index contributed by atoms with van der Waals surface area (Å²) >= 11 is 0. The number of hydrogen-bond donors (Lipinski definition) is 1. The first-order chi connectivity index (χ1) is 9.63. The van der Waals surface area contributed by atoms with Crippen LogP contribution in [0.5, 0.6) is 5.75 Å². The molecule has 0 spiro atoms. The summed E-state index contributed by atoms with van der Waals surface area (Å²) in [6.07, 6.45) is 1.59. The van der Waals surface area contributed by atoms with Gasteiger partial charge in [-0.05, 0) is 23.6 Å². The van der Waals surface area contributed by atoms with E-state index in [1.54, 1.807) is 7.11 Å². The van der Waals surface area contributed by atoms with Gasteiger partial charge in [-0.3, -0.25) is 0 Å². The summed E-state index contributed by atoms with van der Waals surface area (Å²) in [4.78, 5) is 4.39. The predicted octanol–water partition coefficient (Wildman–Crippen LogP) is 2.71. The summed E-state index contributed by atoms with van der Waals surface area (Å²) in [5, 5.41) is 4.00. The number of ether oxygens (including phenoxy) is 1. The Balaban J connectivity index is 2.09. The molecule has 1 heterocycles. The molecule has 2 N–H and O–H groups in total. The van der Waals surface area contributed by atoms with Crippen LogP contribution in [0, 0.1) is 5.92 Å². The molecule has 20 heavy (non-hydrogen) atoms. The highest BCUT2D eigenvalue weighted by Crippen LogP contribution is 2.21. The summed E-state index contributed by atoms with van der Waals surface area (Å²) in [6.45, 7) is 4.18. The maximum Gasteiger partial charge on any atom is 0.243 e. The number of benzene rings is 1. The van der Waals surface area contributed by atoms with Gasteiger partial charge in [0, 0.05) is 6.42 Å². The minimum Gasteiger partial charge on any atom is -0.497 e. The molecule has 1 aromatic carbocycles. The van der Waals surface area contributed by atoms with Crippen LogP contribution in [0.1, 0.15) is 43.6 Å². The van der Waals surface area contributed by atoms with E-state index in [1.165, 1.54) is 0 Å². The van der Waals surface area contributed by atoms with Crippen LogP contribution in [-0.2, 0) is 6.42 Å². The average Bonchev–Trinajstić information content (AvgIpc) is 2.94. The number of rotatable bonds is 6. The Bertz CT molecular complexity index is 554. The van der Waals surface area contributed by atoms with E-state index in [1.807, 2.05) is 24.3 Å². The zero-order valence-electron chi connectivity index (χ0n) is 12.2. The lowest BCUT2D eigenvalue weighted by molar-refractivity contribution is 0.310. The highest BCUT2D eigenvalue weighted by molar-refractivity contribution is 5.30. The summed E-state index contributed by atoms with van der Waals surface area (Å²) in [5.74, 6) is 2.30. The molecule has 0 saturated heterocycles. The topological polar surface area (TPSA) is 74.2 Å². The Morgan fingerprint density at radius 1 is 1.40 bits per heavy atom. The van der Waals surface area contributed by atoms with E-state index in [2.05, 4.69) is 24.0 Å². The van der Waals surface area contributed by atoms with Gasteiger partial charge in [-0.15, -0.1) is 0 Å². The maximum absolute atomic E-state index is 6.09. The van der Waals surface area contributed by atoms with Gasteiger partial charge in [0.1, 0.15) is 5.75 Å². The van der Waals surface area contributed by atoms with Gasteiger partial charge in [0.25, 0.3) is 0 Å². The average molecular weight is 275 g/mol. The summed E-state index contributed by atoms with van der Waals surface area (Å²) < 4.78 is 10.5. The standard InChI is InChI=1S/C15H21N3O2/c1-4-10(2)14(16)15-17-13(18-20-15)9-11-6-5-7-12(8-11)19-3/h5-8,10,14H,4,9,16H2,1-3H3. The lowest BCUT2D eigenvalue weighted by atomic mass is 10.0.